The summed E-state index contributed by atoms with van der Waals surface area (Å²) in [5.41, 5.74) is 7.71. The lowest BCUT2D eigenvalue weighted by Gasteiger charge is -2.33. The van der Waals surface area contributed by atoms with Gasteiger partial charge in [0, 0.05) is 23.2 Å². The fourth-order valence-corrected chi connectivity index (χ4v) is 3.88. The lowest BCUT2D eigenvalue weighted by molar-refractivity contribution is -0.131. The van der Waals surface area contributed by atoms with Gasteiger partial charge in [-0.2, -0.15) is 0 Å². The Kier molecular flexibility index (Phi) is 5.97. The fraction of sp³-hybridized carbons (Fsp3) is 0.588. The third-order valence-electron chi connectivity index (χ3n) is 4.28. The third kappa shape index (κ3) is 4.40. The molecule has 0 atom stereocenters. The van der Waals surface area contributed by atoms with E-state index in [0.29, 0.717) is 11.8 Å². The number of nitrogens with zero attached hydrogens (tertiary/aromatic N) is 1. The van der Waals surface area contributed by atoms with Crippen molar-refractivity contribution in [1.82, 2.24) is 4.90 Å². The second-order valence-electron chi connectivity index (χ2n) is 5.78. The number of hydrogen-bond donors (Lipinski definition) is 1. The van der Waals surface area contributed by atoms with Gasteiger partial charge in [0.2, 0.25) is 5.91 Å². The van der Waals surface area contributed by atoms with E-state index < -0.39 is 0 Å². The average molecular weight is 306 g/mol. The van der Waals surface area contributed by atoms with E-state index in [4.69, 9.17) is 5.73 Å². The molecular formula is C17H26N2OS. The molecule has 0 aromatic heterocycles. The normalized spacial score (nSPS) is 15.9. The van der Waals surface area contributed by atoms with Crippen molar-refractivity contribution in [1.29, 1.82) is 0 Å². The van der Waals surface area contributed by atoms with Crippen LogP contribution in [-0.4, -0.2) is 29.1 Å². The van der Waals surface area contributed by atoms with Crippen molar-refractivity contribution in [2.24, 2.45) is 0 Å². The summed E-state index contributed by atoms with van der Waals surface area (Å²) >= 11 is 1.61. The molecular weight excluding hydrogens is 280 g/mol. The molecule has 0 radical (unpaired) electrons. The molecule has 1 fully saturated rings. The van der Waals surface area contributed by atoms with Crippen molar-refractivity contribution < 1.29 is 4.79 Å². The minimum atomic E-state index is 0.267. The maximum Gasteiger partial charge on any atom is 0.233 e. The molecule has 2 rings (SSSR count). The van der Waals surface area contributed by atoms with Gasteiger partial charge in [-0.15, -0.1) is 11.8 Å². The molecule has 0 aliphatic heterocycles. The van der Waals surface area contributed by atoms with Gasteiger partial charge in [-0.3, -0.25) is 4.79 Å². The van der Waals surface area contributed by atoms with E-state index in [1.165, 1.54) is 32.1 Å². The zero-order chi connectivity index (χ0) is 15.2. The van der Waals surface area contributed by atoms with Crippen molar-refractivity contribution in [3.63, 3.8) is 0 Å². The van der Waals surface area contributed by atoms with E-state index in [0.717, 1.165) is 22.7 Å². The van der Waals surface area contributed by atoms with Crippen LogP contribution in [0.15, 0.2) is 23.1 Å². The number of benzene rings is 1. The van der Waals surface area contributed by atoms with Crippen molar-refractivity contribution in [2.75, 3.05) is 18.0 Å². The number of aryl methyl sites for hydroxylation is 1. The highest BCUT2D eigenvalue weighted by Crippen LogP contribution is 2.26. The second kappa shape index (κ2) is 7.74. The van der Waals surface area contributed by atoms with E-state index in [1.807, 2.05) is 19.1 Å². The minimum Gasteiger partial charge on any atom is -0.399 e. The molecule has 1 aromatic carbocycles. The molecule has 0 bridgehead atoms. The van der Waals surface area contributed by atoms with E-state index in [-0.39, 0.29) is 5.91 Å². The number of nitrogens with two attached hydrogens (primary N) is 1. The zero-order valence-corrected chi connectivity index (χ0v) is 13.9. The number of thioether (sulfide) groups is 1. The number of hydrogen-bond acceptors (Lipinski definition) is 3. The predicted molar refractivity (Wildman–Crippen MR) is 90.6 cm³/mol. The summed E-state index contributed by atoms with van der Waals surface area (Å²) < 4.78 is 0. The van der Waals surface area contributed by atoms with Crippen LogP contribution in [0.25, 0.3) is 0 Å². The molecule has 0 saturated heterocycles. The molecule has 1 aliphatic carbocycles. The maximum absolute atomic E-state index is 12.5. The van der Waals surface area contributed by atoms with Gasteiger partial charge in [0.05, 0.1) is 5.75 Å². The highest BCUT2D eigenvalue weighted by atomic mass is 32.2. The lowest BCUT2D eigenvalue weighted by atomic mass is 9.94. The van der Waals surface area contributed by atoms with Crippen LogP contribution in [0.3, 0.4) is 0 Å². The Labute approximate surface area is 132 Å². The first-order chi connectivity index (χ1) is 10.1. The fourth-order valence-electron chi connectivity index (χ4n) is 3.00. The second-order valence-corrected chi connectivity index (χ2v) is 6.83. The highest BCUT2D eigenvalue weighted by molar-refractivity contribution is 8.00. The van der Waals surface area contributed by atoms with Crippen molar-refractivity contribution >= 4 is 23.4 Å². The first-order valence-electron chi connectivity index (χ1n) is 7.90. The topological polar surface area (TPSA) is 46.3 Å². The molecule has 4 heteroatoms. The van der Waals surface area contributed by atoms with Gasteiger partial charge >= 0.3 is 0 Å². The largest absolute Gasteiger partial charge is 0.399 e. The molecule has 1 aliphatic rings. The summed E-state index contributed by atoms with van der Waals surface area (Å²) in [5.74, 6) is 0.789. The molecule has 1 saturated carbocycles. The van der Waals surface area contributed by atoms with Crippen LogP contribution in [0.1, 0.15) is 44.6 Å². The van der Waals surface area contributed by atoms with Gasteiger partial charge in [0.25, 0.3) is 0 Å². The van der Waals surface area contributed by atoms with E-state index in [9.17, 15) is 4.79 Å². The molecule has 0 heterocycles. The van der Waals surface area contributed by atoms with Crippen LogP contribution in [0.2, 0.25) is 0 Å². The van der Waals surface area contributed by atoms with Gasteiger partial charge in [-0.25, -0.2) is 0 Å². The minimum absolute atomic E-state index is 0.267. The standard InChI is InChI=1S/C17H26N2OS/c1-3-19(14-7-5-4-6-8-14)17(20)12-21-15-9-10-16(18)13(2)11-15/h9-11,14H,3-8,12,18H2,1-2H3. The number of anilines is 1. The molecule has 0 spiro atoms. The number of nitrogen functional groups attached to an aromatic ring is 1. The highest BCUT2D eigenvalue weighted by Gasteiger charge is 2.23. The van der Waals surface area contributed by atoms with Gasteiger partial charge in [-0.05, 0) is 50.5 Å². The van der Waals surface area contributed by atoms with Crippen molar-refractivity contribution in [3.8, 4) is 0 Å². The number of amides is 1. The van der Waals surface area contributed by atoms with Gasteiger partial charge in [0.15, 0.2) is 0 Å². The van der Waals surface area contributed by atoms with Crippen molar-refractivity contribution in [3.05, 3.63) is 23.8 Å². The number of carbonyl (C=O) groups is 1. The predicted octanol–water partition coefficient (Wildman–Crippen LogP) is 3.85. The first kappa shape index (κ1) is 16.2. The van der Waals surface area contributed by atoms with Crippen molar-refractivity contribution in [2.45, 2.75) is 56.9 Å². The summed E-state index contributed by atoms with van der Waals surface area (Å²) in [4.78, 5) is 15.7. The number of rotatable bonds is 5. The van der Waals surface area contributed by atoms with Crippen LogP contribution in [0.4, 0.5) is 5.69 Å². The van der Waals surface area contributed by atoms with Gasteiger partial charge < -0.3 is 10.6 Å². The van der Waals surface area contributed by atoms with Crippen LogP contribution in [-0.2, 0) is 4.79 Å². The van der Waals surface area contributed by atoms with E-state index >= 15 is 0 Å². The molecule has 0 unspecified atom stereocenters. The number of carbonyl (C=O) groups excluding carboxylic acids is 1. The molecule has 3 nitrogen and oxygen atoms in total. The maximum atomic E-state index is 12.5. The van der Waals surface area contributed by atoms with E-state index in [1.54, 1.807) is 11.8 Å². The monoisotopic (exact) mass is 306 g/mol. The lowest BCUT2D eigenvalue weighted by Crippen LogP contribution is -2.42. The third-order valence-corrected chi connectivity index (χ3v) is 5.26. The SMILES string of the molecule is CCN(C(=O)CSc1ccc(N)c(C)c1)C1CCCCC1. The summed E-state index contributed by atoms with van der Waals surface area (Å²) in [6.07, 6.45) is 6.19. The smallest absolute Gasteiger partial charge is 0.233 e. The summed E-state index contributed by atoms with van der Waals surface area (Å²) in [5, 5.41) is 0. The first-order valence-corrected chi connectivity index (χ1v) is 8.88. The van der Waals surface area contributed by atoms with E-state index in [2.05, 4.69) is 17.9 Å². The Morgan fingerprint density at radius 3 is 2.67 bits per heavy atom. The zero-order valence-electron chi connectivity index (χ0n) is 13.1. The summed E-state index contributed by atoms with van der Waals surface area (Å²) in [6, 6.07) is 6.44. The summed E-state index contributed by atoms with van der Waals surface area (Å²) in [6.45, 7) is 4.91. The van der Waals surface area contributed by atoms with Gasteiger partial charge in [-0.1, -0.05) is 19.3 Å². The quantitative estimate of drug-likeness (QED) is 0.664. The van der Waals surface area contributed by atoms with Gasteiger partial charge in [0.1, 0.15) is 0 Å². The average Bonchev–Trinajstić information content (AvgIpc) is 2.50. The Morgan fingerprint density at radius 1 is 1.33 bits per heavy atom. The Hall–Kier alpha value is -1.16. The molecule has 1 aromatic rings. The Balaban J connectivity index is 1.91. The molecule has 1 amide bonds. The van der Waals surface area contributed by atoms with Crippen LogP contribution < -0.4 is 5.73 Å². The summed E-state index contributed by atoms with van der Waals surface area (Å²) in [7, 11) is 0. The molecule has 116 valence electrons. The van der Waals surface area contributed by atoms with Crippen LogP contribution >= 0.6 is 11.8 Å². The Bertz CT molecular complexity index is 484. The molecule has 21 heavy (non-hydrogen) atoms. The Morgan fingerprint density at radius 2 is 2.05 bits per heavy atom. The van der Waals surface area contributed by atoms with Crippen LogP contribution in [0, 0.1) is 6.92 Å². The van der Waals surface area contributed by atoms with Crippen LogP contribution in [0.5, 0.6) is 0 Å². The molecule has 2 N–H and O–H groups in total.